The Hall–Kier alpha value is -1.93. The molecule has 1 aromatic heterocycles. The van der Waals surface area contributed by atoms with Gasteiger partial charge in [0.2, 0.25) is 5.91 Å². The Balaban J connectivity index is 1.68. The van der Waals surface area contributed by atoms with Gasteiger partial charge < -0.3 is 20.1 Å². The standard InChI is InChI=1S/C17H26N4O4/c1-11-12(10-21(20-11)7-9-24-2)17(23)18-13-5-6-15(22)19-16(13)14-4-3-8-25-14/h10,13-14,16H,3-9H2,1-2H3,(H,18,23)(H,19,22)/t13-,14?,16-/m0/s1. The minimum absolute atomic E-state index is 0.0227. The van der Waals surface area contributed by atoms with Crippen molar-refractivity contribution in [2.75, 3.05) is 20.3 Å². The number of methoxy groups -OCH3 is 1. The summed E-state index contributed by atoms with van der Waals surface area (Å²) in [6, 6.07) is -0.299. The lowest BCUT2D eigenvalue weighted by atomic mass is 9.92. The first-order chi connectivity index (χ1) is 12.1. The van der Waals surface area contributed by atoms with E-state index < -0.39 is 0 Å². The highest BCUT2D eigenvalue weighted by atomic mass is 16.5. The first-order valence-corrected chi connectivity index (χ1v) is 8.83. The molecule has 0 aromatic carbocycles. The van der Waals surface area contributed by atoms with Crippen LogP contribution < -0.4 is 10.6 Å². The number of nitrogens with zero attached hydrogens (tertiary/aromatic N) is 2. The fourth-order valence-electron chi connectivity index (χ4n) is 3.51. The van der Waals surface area contributed by atoms with Crippen molar-refractivity contribution < 1.29 is 19.1 Å². The van der Waals surface area contributed by atoms with Gasteiger partial charge in [-0.3, -0.25) is 14.3 Å². The van der Waals surface area contributed by atoms with Gasteiger partial charge in [-0.25, -0.2) is 0 Å². The monoisotopic (exact) mass is 350 g/mol. The molecule has 2 N–H and O–H groups in total. The Morgan fingerprint density at radius 2 is 2.36 bits per heavy atom. The van der Waals surface area contributed by atoms with Gasteiger partial charge in [0.1, 0.15) is 0 Å². The summed E-state index contributed by atoms with van der Waals surface area (Å²) in [4.78, 5) is 24.5. The molecular weight excluding hydrogens is 324 g/mol. The summed E-state index contributed by atoms with van der Waals surface area (Å²) < 4.78 is 12.5. The Labute approximate surface area is 147 Å². The molecule has 3 heterocycles. The van der Waals surface area contributed by atoms with Gasteiger partial charge in [0.05, 0.1) is 42.6 Å². The molecule has 0 aliphatic carbocycles. The summed E-state index contributed by atoms with van der Waals surface area (Å²) in [5.41, 5.74) is 1.24. The highest BCUT2D eigenvalue weighted by Gasteiger charge is 2.37. The second kappa shape index (κ2) is 7.97. The second-order valence-electron chi connectivity index (χ2n) is 6.65. The molecule has 2 saturated heterocycles. The lowest BCUT2D eigenvalue weighted by Gasteiger charge is -2.36. The van der Waals surface area contributed by atoms with Gasteiger partial charge in [0.15, 0.2) is 0 Å². The third-order valence-electron chi connectivity index (χ3n) is 4.84. The average molecular weight is 350 g/mol. The summed E-state index contributed by atoms with van der Waals surface area (Å²) in [5.74, 6) is -0.139. The summed E-state index contributed by atoms with van der Waals surface area (Å²) in [7, 11) is 1.63. The van der Waals surface area contributed by atoms with Gasteiger partial charge in [-0.2, -0.15) is 5.10 Å². The molecule has 0 spiro atoms. The third kappa shape index (κ3) is 4.19. The number of piperidine rings is 1. The van der Waals surface area contributed by atoms with E-state index in [4.69, 9.17) is 9.47 Å². The molecule has 3 atom stereocenters. The molecule has 1 aromatic rings. The van der Waals surface area contributed by atoms with Crippen LogP contribution in [0.15, 0.2) is 6.20 Å². The fraction of sp³-hybridized carbons (Fsp3) is 0.706. The normalized spacial score (nSPS) is 26.5. The molecule has 2 fully saturated rings. The lowest BCUT2D eigenvalue weighted by molar-refractivity contribution is -0.125. The minimum atomic E-state index is -0.170. The molecule has 25 heavy (non-hydrogen) atoms. The first kappa shape index (κ1) is 17.9. The summed E-state index contributed by atoms with van der Waals surface area (Å²) >= 11 is 0. The average Bonchev–Trinajstić information content (AvgIpc) is 3.24. The first-order valence-electron chi connectivity index (χ1n) is 8.83. The van der Waals surface area contributed by atoms with Gasteiger partial charge in [-0.1, -0.05) is 0 Å². The maximum absolute atomic E-state index is 12.7. The number of carbonyl (C=O) groups is 2. The van der Waals surface area contributed by atoms with Crippen LogP contribution in [0.25, 0.3) is 0 Å². The molecule has 0 bridgehead atoms. The zero-order valence-corrected chi connectivity index (χ0v) is 14.8. The maximum Gasteiger partial charge on any atom is 0.255 e. The van der Waals surface area contributed by atoms with Crippen LogP contribution in [0.4, 0.5) is 0 Å². The van der Waals surface area contributed by atoms with Gasteiger partial charge in [0.25, 0.3) is 5.91 Å². The number of nitrogens with one attached hydrogen (secondary N) is 2. The number of hydrogen-bond donors (Lipinski definition) is 2. The number of amides is 2. The van der Waals surface area contributed by atoms with Crippen LogP contribution in [0.5, 0.6) is 0 Å². The van der Waals surface area contributed by atoms with Crippen LogP contribution in [0.2, 0.25) is 0 Å². The molecule has 138 valence electrons. The van der Waals surface area contributed by atoms with E-state index in [0.29, 0.717) is 43.9 Å². The highest BCUT2D eigenvalue weighted by molar-refractivity contribution is 5.95. The predicted octanol–water partition coefficient (Wildman–Crippen LogP) is 0.394. The molecular formula is C17H26N4O4. The van der Waals surface area contributed by atoms with Crippen LogP contribution in [-0.4, -0.2) is 60.1 Å². The van der Waals surface area contributed by atoms with Crippen LogP contribution in [-0.2, 0) is 20.8 Å². The number of hydrogen-bond acceptors (Lipinski definition) is 5. The number of rotatable bonds is 6. The van der Waals surface area contributed by atoms with Crippen molar-refractivity contribution in [3.8, 4) is 0 Å². The Kier molecular flexibility index (Phi) is 5.70. The molecule has 3 rings (SSSR count). The van der Waals surface area contributed by atoms with Crippen molar-refractivity contribution >= 4 is 11.8 Å². The van der Waals surface area contributed by atoms with E-state index in [9.17, 15) is 9.59 Å². The highest BCUT2D eigenvalue weighted by Crippen LogP contribution is 2.23. The summed E-state index contributed by atoms with van der Waals surface area (Å²) in [6.07, 6.45) is 4.65. The van der Waals surface area contributed by atoms with Crippen LogP contribution in [0.3, 0.4) is 0 Å². The quantitative estimate of drug-likeness (QED) is 0.774. The third-order valence-corrected chi connectivity index (χ3v) is 4.84. The molecule has 0 saturated carbocycles. The second-order valence-corrected chi connectivity index (χ2v) is 6.65. The Morgan fingerprint density at radius 1 is 1.52 bits per heavy atom. The molecule has 8 nitrogen and oxygen atoms in total. The van der Waals surface area contributed by atoms with Gasteiger partial charge >= 0.3 is 0 Å². The molecule has 0 radical (unpaired) electrons. The lowest BCUT2D eigenvalue weighted by Crippen LogP contribution is -2.60. The van der Waals surface area contributed by atoms with Crippen LogP contribution in [0, 0.1) is 6.92 Å². The van der Waals surface area contributed by atoms with E-state index in [2.05, 4.69) is 15.7 Å². The summed E-state index contributed by atoms with van der Waals surface area (Å²) in [6.45, 7) is 3.67. The van der Waals surface area contributed by atoms with Crippen LogP contribution in [0.1, 0.15) is 41.7 Å². The molecule has 8 heteroatoms. The van der Waals surface area contributed by atoms with E-state index in [-0.39, 0.29) is 30.0 Å². The van der Waals surface area contributed by atoms with E-state index >= 15 is 0 Å². The van der Waals surface area contributed by atoms with Crippen molar-refractivity contribution in [1.82, 2.24) is 20.4 Å². The summed E-state index contributed by atoms with van der Waals surface area (Å²) in [5, 5.41) is 10.4. The molecule has 2 aliphatic heterocycles. The van der Waals surface area contributed by atoms with Crippen molar-refractivity contribution in [3.05, 3.63) is 17.5 Å². The van der Waals surface area contributed by atoms with Gasteiger partial charge in [-0.05, 0) is 26.2 Å². The zero-order chi connectivity index (χ0) is 17.8. The van der Waals surface area contributed by atoms with E-state index in [1.165, 1.54) is 0 Å². The van der Waals surface area contributed by atoms with Crippen molar-refractivity contribution in [1.29, 1.82) is 0 Å². The van der Waals surface area contributed by atoms with Crippen molar-refractivity contribution in [2.45, 2.75) is 57.3 Å². The zero-order valence-electron chi connectivity index (χ0n) is 14.8. The van der Waals surface area contributed by atoms with Crippen molar-refractivity contribution in [2.24, 2.45) is 0 Å². The smallest absolute Gasteiger partial charge is 0.255 e. The van der Waals surface area contributed by atoms with E-state index in [1.54, 1.807) is 18.0 Å². The van der Waals surface area contributed by atoms with E-state index in [0.717, 1.165) is 12.8 Å². The van der Waals surface area contributed by atoms with Gasteiger partial charge in [-0.15, -0.1) is 0 Å². The number of ether oxygens (including phenoxy) is 2. The Morgan fingerprint density at radius 3 is 3.08 bits per heavy atom. The van der Waals surface area contributed by atoms with Gasteiger partial charge in [0, 0.05) is 26.3 Å². The molecule has 2 aliphatic rings. The largest absolute Gasteiger partial charge is 0.383 e. The minimum Gasteiger partial charge on any atom is -0.383 e. The SMILES string of the molecule is COCCn1cc(C(=O)N[C@H]2CCC(=O)N[C@@H]2C2CCCO2)c(C)n1. The number of aryl methyl sites for hydroxylation is 1. The number of aromatic nitrogens is 2. The van der Waals surface area contributed by atoms with Crippen molar-refractivity contribution in [3.63, 3.8) is 0 Å². The van der Waals surface area contributed by atoms with E-state index in [1.807, 2.05) is 6.92 Å². The fourth-order valence-corrected chi connectivity index (χ4v) is 3.51. The molecule has 1 unspecified atom stereocenters. The Bertz CT molecular complexity index is 624. The topological polar surface area (TPSA) is 94.5 Å². The number of carbonyl (C=O) groups excluding carboxylic acids is 2. The van der Waals surface area contributed by atoms with Crippen LogP contribution >= 0.6 is 0 Å². The maximum atomic E-state index is 12.7. The molecule has 2 amide bonds. The predicted molar refractivity (Wildman–Crippen MR) is 90.2 cm³/mol.